The summed E-state index contributed by atoms with van der Waals surface area (Å²) in [4.78, 5) is 13.1. The van der Waals surface area contributed by atoms with E-state index in [0.717, 1.165) is 44.4 Å². The van der Waals surface area contributed by atoms with Crippen LogP contribution in [-0.2, 0) is 14.3 Å². The molecule has 11 heteroatoms. The van der Waals surface area contributed by atoms with Crippen molar-refractivity contribution in [3.8, 4) is 0 Å². The second kappa shape index (κ2) is 36.7. The van der Waals surface area contributed by atoms with Crippen LogP contribution in [-0.4, -0.2) is 110 Å². The fraction of sp³-hybridized carbons (Fsp3) is 0.979. The van der Waals surface area contributed by atoms with Gasteiger partial charge in [-0.3, -0.25) is 4.79 Å². The van der Waals surface area contributed by atoms with Crippen LogP contribution >= 0.6 is 0 Å². The summed E-state index contributed by atoms with van der Waals surface area (Å²) in [5.74, 6) is 0.0528. The molecule has 11 nitrogen and oxygen atoms in total. The molecule has 1 rings (SSSR count). The predicted octanol–water partition coefficient (Wildman–Crippen LogP) is 8.14. The molecule has 0 saturated carbocycles. The van der Waals surface area contributed by atoms with Crippen molar-refractivity contribution in [1.82, 2.24) is 5.32 Å². The van der Waals surface area contributed by atoms with Gasteiger partial charge in [-0.25, -0.2) is 0 Å². The Morgan fingerprint density at radius 2 is 0.966 bits per heavy atom. The van der Waals surface area contributed by atoms with Gasteiger partial charge in [-0.05, 0) is 18.8 Å². The number of ether oxygens (including phenoxy) is 2. The second-order valence-electron chi connectivity index (χ2n) is 18.0. The van der Waals surface area contributed by atoms with Gasteiger partial charge in [0.25, 0.3) is 0 Å². The van der Waals surface area contributed by atoms with Crippen LogP contribution in [0.5, 0.6) is 0 Å². The first-order chi connectivity index (χ1) is 28.0. The Hall–Kier alpha value is -0.890. The molecule has 1 heterocycles. The highest BCUT2D eigenvalue weighted by Gasteiger charge is 2.44. The topological polar surface area (TPSA) is 189 Å². The normalized spacial score (nSPS) is 21.9. The van der Waals surface area contributed by atoms with E-state index in [1.807, 2.05) is 0 Å². The molecule has 0 aliphatic carbocycles. The molecule has 58 heavy (non-hydrogen) atoms. The number of hydrogen-bond donors (Lipinski definition) is 8. The van der Waals surface area contributed by atoms with E-state index < -0.39 is 74.2 Å². The van der Waals surface area contributed by atoms with Gasteiger partial charge in [-0.15, -0.1) is 0 Å². The molecule has 346 valence electrons. The highest BCUT2D eigenvalue weighted by Crippen LogP contribution is 2.23. The van der Waals surface area contributed by atoms with E-state index in [4.69, 9.17) is 9.47 Å². The zero-order chi connectivity index (χ0) is 42.8. The van der Waals surface area contributed by atoms with Gasteiger partial charge in [0.1, 0.15) is 36.6 Å². The number of aliphatic hydroxyl groups excluding tert-OH is 7. The summed E-state index contributed by atoms with van der Waals surface area (Å²) in [6, 6.07) is -1.16. The Morgan fingerprint density at radius 3 is 1.38 bits per heavy atom. The molecule has 0 aromatic carbocycles. The van der Waals surface area contributed by atoms with Gasteiger partial charge < -0.3 is 50.5 Å². The molecular weight excluding hydrogens is 739 g/mol. The molecule has 1 amide bonds. The van der Waals surface area contributed by atoms with Gasteiger partial charge in [0.05, 0.1) is 25.4 Å². The smallest absolute Gasteiger partial charge is 0.249 e. The van der Waals surface area contributed by atoms with Gasteiger partial charge in [-0.1, -0.05) is 207 Å². The van der Waals surface area contributed by atoms with Gasteiger partial charge in [0.2, 0.25) is 5.91 Å². The maximum atomic E-state index is 13.1. The molecule has 0 bridgehead atoms. The third-order valence-corrected chi connectivity index (χ3v) is 12.1. The lowest BCUT2D eigenvalue weighted by atomic mass is 9.98. The third-order valence-electron chi connectivity index (χ3n) is 12.1. The molecule has 0 aromatic heterocycles. The molecule has 1 aliphatic heterocycles. The van der Waals surface area contributed by atoms with E-state index >= 15 is 0 Å². The first-order valence-electron chi connectivity index (χ1n) is 24.3. The summed E-state index contributed by atoms with van der Waals surface area (Å²) in [7, 11) is 0. The van der Waals surface area contributed by atoms with E-state index in [1.165, 1.54) is 135 Å². The summed E-state index contributed by atoms with van der Waals surface area (Å²) in [6.07, 6.45) is 24.6. The van der Waals surface area contributed by atoms with Crippen LogP contribution in [0.4, 0.5) is 0 Å². The number of amides is 1. The molecule has 0 spiro atoms. The number of nitrogens with one attached hydrogen (secondary N) is 1. The van der Waals surface area contributed by atoms with Gasteiger partial charge >= 0.3 is 0 Å². The Labute approximate surface area is 354 Å². The fourth-order valence-corrected chi connectivity index (χ4v) is 8.04. The van der Waals surface area contributed by atoms with E-state index in [1.54, 1.807) is 0 Å². The van der Waals surface area contributed by atoms with Crippen LogP contribution in [0.3, 0.4) is 0 Å². The maximum absolute atomic E-state index is 13.1. The molecule has 1 aliphatic rings. The third kappa shape index (κ3) is 27.1. The van der Waals surface area contributed by atoms with Crippen molar-refractivity contribution < 1.29 is 50.0 Å². The van der Waals surface area contributed by atoms with Crippen molar-refractivity contribution in [3.05, 3.63) is 0 Å². The molecule has 9 atom stereocenters. The summed E-state index contributed by atoms with van der Waals surface area (Å²) < 4.78 is 11.1. The van der Waals surface area contributed by atoms with Crippen LogP contribution in [0.1, 0.15) is 220 Å². The van der Waals surface area contributed by atoms with Crippen molar-refractivity contribution in [2.75, 3.05) is 13.2 Å². The molecule has 0 aromatic rings. The average molecular weight is 832 g/mol. The minimum atomic E-state index is -1.66. The lowest BCUT2D eigenvalue weighted by Crippen LogP contribution is -2.60. The number of aliphatic hydroxyl groups is 7. The summed E-state index contributed by atoms with van der Waals surface area (Å²) >= 11 is 0. The van der Waals surface area contributed by atoms with Crippen LogP contribution in [0.15, 0.2) is 0 Å². The number of carbonyl (C=O) groups is 1. The molecule has 1 fully saturated rings. The lowest BCUT2D eigenvalue weighted by Gasteiger charge is -2.40. The van der Waals surface area contributed by atoms with Gasteiger partial charge in [0.15, 0.2) is 6.29 Å². The summed E-state index contributed by atoms with van der Waals surface area (Å²) in [5, 5.41) is 75.6. The number of carbonyl (C=O) groups excluding carboxylic acids is 1. The Morgan fingerprint density at radius 1 is 0.569 bits per heavy atom. The first kappa shape index (κ1) is 55.1. The Bertz CT molecular complexity index is 926. The van der Waals surface area contributed by atoms with Crippen molar-refractivity contribution in [3.63, 3.8) is 0 Å². The van der Waals surface area contributed by atoms with Crippen molar-refractivity contribution in [2.24, 2.45) is 5.92 Å². The average Bonchev–Trinajstić information content (AvgIpc) is 3.21. The first-order valence-corrected chi connectivity index (χ1v) is 24.3. The van der Waals surface area contributed by atoms with Crippen molar-refractivity contribution in [1.29, 1.82) is 0 Å². The van der Waals surface area contributed by atoms with Crippen molar-refractivity contribution in [2.45, 2.75) is 275 Å². The molecular formula is C47H93NO10. The number of rotatable bonds is 40. The van der Waals surface area contributed by atoms with Crippen LogP contribution in [0, 0.1) is 5.92 Å². The monoisotopic (exact) mass is 832 g/mol. The van der Waals surface area contributed by atoms with Crippen LogP contribution in [0.2, 0.25) is 0 Å². The Balaban J connectivity index is 2.37. The van der Waals surface area contributed by atoms with Crippen molar-refractivity contribution >= 4 is 5.91 Å². The molecule has 0 radical (unpaired) electrons. The highest BCUT2D eigenvalue weighted by atomic mass is 16.7. The fourth-order valence-electron chi connectivity index (χ4n) is 8.04. The standard InChI is InChI=1S/C47H93NO10/c1-4-5-6-7-8-9-10-11-12-13-14-15-16-17-18-19-20-25-28-31-34-40(51)46(56)48-38(36-57-47-45(55)44(54)43(53)41(35-49)58-47)42(52)39(50)33-30-27-24-22-21-23-26-29-32-37(2)3/h37-45,47,49-55H,4-36H2,1-3H3,(H,48,56). The van der Waals surface area contributed by atoms with Gasteiger partial charge in [-0.2, -0.15) is 0 Å². The van der Waals surface area contributed by atoms with Crippen LogP contribution in [0.25, 0.3) is 0 Å². The summed E-state index contributed by atoms with van der Waals surface area (Å²) in [5.41, 5.74) is 0. The Kier molecular flexibility index (Phi) is 34.9. The SMILES string of the molecule is CCCCCCCCCCCCCCCCCCCCCCC(O)C(=O)NC(COC1OC(CO)C(O)C(O)C1O)C(O)C(O)CCCCCCCCCCC(C)C. The molecule has 8 N–H and O–H groups in total. The van der Waals surface area contributed by atoms with E-state index in [-0.39, 0.29) is 6.42 Å². The van der Waals surface area contributed by atoms with Crippen LogP contribution < -0.4 is 5.32 Å². The largest absolute Gasteiger partial charge is 0.394 e. The minimum absolute atomic E-state index is 0.265. The maximum Gasteiger partial charge on any atom is 0.249 e. The van der Waals surface area contributed by atoms with E-state index in [0.29, 0.717) is 19.3 Å². The minimum Gasteiger partial charge on any atom is -0.394 e. The lowest BCUT2D eigenvalue weighted by molar-refractivity contribution is -0.303. The zero-order valence-electron chi connectivity index (χ0n) is 37.5. The number of hydrogen-bond acceptors (Lipinski definition) is 10. The predicted molar refractivity (Wildman–Crippen MR) is 233 cm³/mol. The van der Waals surface area contributed by atoms with E-state index in [2.05, 4.69) is 26.1 Å². The molecule has 9 unspecified atom stereocenters. The quantitative estimate of drug-likeness (QED) is 0.0280. The zero-order valence-corrected chi connectivity index (χ0v) is 37.5. The number of unbranched alkanes of at least 4 members (excludes halogenated alkanes) is 26. The second-order valence-corrected chi connectivity index (χ2v) is 18.0. The molecule has 1 saturated heterocycles. The van der Waals surface area contributed by atoms with Gasteiger partial charge in [0, 0.05) is 0 Å². The summed E-state index contributed by atoms with van der Waals surface area (Å²) in [6.45, 7) is 5.72. The van der Waals surface area contributed by atoms with E-state index in [9.17, 15) is 40.5 Å². The highest BCUT2D eigenvalue weighted by molar-refractivity contribution is 5.80.